The molecule has 6 rings (SSSR count). The van der Waals surface area contributed by atoms with Crippen molar-refractivity contribution in [1.29, 1.82) is 0 Å². The molecular weight excluding hydrogens is 460 g/mol. The number of aryl methyl sites for hydroxylation is 1. The van der Waals surface area contributed by atoms with Crippen molar-refractivity contribution in [2.24, 2.45) is 0 Å². The molecule has 0 spiro atoms. The van der Waals surface area contributed by atoms with E-state index >= 15 is 0 Å². The fraction of sp³-hybridized carbons (Fsp3) is 0.269. The van der Waals surface area contributed by atoms with Crippen molar-refractivity contribution in [2.75, 3.05) is 18.9 Å². The number of amides is 1. The summed E-state index contributed by atoms with van der Waals surface area (Å²) in [6, 6.07) is 13.5. The van der Waals surface area contributed by atoms with Crippen LogP contribution in [0.25, 0.3) is 22.0 Å². The minimum Gasteiger partial charge on any atom is -0.375 e. The summed E-state index contributed by atoms with van der Waals surface area (Å²) < 4.78 is 0. The number of aromatic nitrogens is 4. The number of rotatable bonds is 5. The second-order valence-corrected chi connectivity index (χ2v) is 9.86. The van der Waals surface area contributed by atoms with Gasteiger partial charge in [0.05, 0.1) is 17.4 Å². The SMILES string of the molecule is CN1CCC(O)(c2cccc(-c3nc(-c4ccnc(NC5CCc6cccnc65)n4)cs3)c2)C1=O. The number of anilines is 1. The molecular formula is C26H24N6O2S. The van der Waals surface area contributed by atoms with Crippen molar-refractivity contribution < 1.29 is 9.90 Å². The summed E-state index contributed by atoms with van der Waals surface area (Å²) in [5.41, 5.74) is 3.78. The molecule has 1 saturated heterocycles. The van der Waals surface area contributed by atoms with E-state index in [1.165, 1.54) is 16.9 Å². The standard InChI is InChI=1S/C26H24N6O2S/c1-32-13-10-26(34,24(32)33)18-6-2-4-17(14-18)23-29-21(15-35-23)19-9-12-28-25(30-19)31-20-8-7-16-5-3-11-27-22(16)20/h2-6,9,11-12,14-15,20,34H,7-8,10,13H2,1H3,(H,28,30,31). The Kier molecular flexibility index (Phi) is 5.31. The maximum atomic E-state index is 12.5. The Labute approximate surface area is 206 Å². The maximum absolute atomic E-state index is 12.5. The molecule has 1 fully saturated rings. The molecule has 0 radical (unpaired) electrons. The highest BCUT2D eigenvalue weighted by Gasteiger charge is 2.45. The number of hydrogen-bond donors (Lipinski definition) is 2. The number of pyridine rings is 1. The topological polar surface area (TPSA) is 104 Å². The third-order valence-electron chi connectivity index (χ3n) is 6.78. The van der Waals surface area contributed by atoms with Gasteiger partial charge in [-0.15, -0.1) is 11.3 Å². The molecule has 176 valence electrons. The van der Waals surface area contributed by atoms with Gasteiger partial charge >= 0.3 is 0 Å². The number of nitrogens with zero attached hydrogens (tertiary/aromatic N) is 5. The van der Waals surface area contributed by atoms with Crippen LogP contribution in [-0.2, 0) is 16.8 Å². The Morgan fingerprint density at radius 2 is 2.03 bits per heavy atom. The van der Waals surface area contributed by atoms with Gasteiger partial charge in [-0.2, -0.15) is 0 Å². The van der Waals surface area contributed by atoms with Crippen LogP contribution < -0.4 is 5.32 Å². The largest absolute Gasteiger partial charge is 0.375 e. The molecule has 1 aliphatic heterocycles. The number of nitrogens with one attached hydrogen (secondary N) is 1. The average Bonchev–Trinajstić information content (AvgIpc) is 3.61. The van der Waals surface area contributed by atoms with Crippen LogP contribution in [0.15, 0.2) is 60.2 Å². The minimum absolute atomic E-state index is 0.0957. The average molecular weight is 485 g/mol. The van der Waals surface area contributed by atoms with E-state index in [-0.39, 0.29) is 11.9 Å². The quantitative estimate of drug-likeness (QED) is 0.444. The van der Waals surface area contributed by atoms with Gasteiger partial charge in [-0.1, -0.05) is 24.3 Å². The molecule has 1 aliphatic carbocycles. The summed E-state index contributed by atoms with van der Waals surface area (Å²) in [7, 11) is 1.71. The van der Waals surface area contributed by atoms with Crippen molar-refractivity contribution in [2.45, 2.75) is 30.9 Å². The Hall–Kier alpha value is -3.69. The molecule has 2 atom stereocenters. The van der Waals surface area contributed by atoms with Crippen molar-refractivity contribution in [3.63, 3.8) is 0 Å². The highest BCUT2D eigenvalue weighted by Crippen LogP contribution is 2.36. The van der Waals surface area contributed by atoms with Crippen LogP contribution in [0.2, 0.25) is 0 Å². The van der Waals surface area contributed by atoms with E-state index in [4.69, 9.17) is 9.97 Å². The molecule has 2 N–H and O–H groups in total. The summed E-state index contributed by atoms with van der Waals surface area (Å²) in [6.07, 6.45) is 5.89. The lowest BCUT2D eigenvalue weighted by molar-refractivity contribution is -0.143. The molecule has 0 saturated carbocycles. The number of thiazole rings is 1. The van der Waals surface area contributed by atoms with Crippen LogP contribution in [0.4, 0.5) is 5.95 Å². The van der Waals surface area contributed by atoms with Crippen LogP contribution in [0, 0.1) is 0 Å². The maximum Gasteiger partial charge on any atom is 0.258 e. The lowest BCUT2D eigenvalue weighted by Gasteiger charge is -2.21. The van der Waals surface area contributed by atoms with Crippen molar-refractivity contribution >= 4 is 23.2 Å². The summed E-state index contributed by atoms with van der Waals surface area (Å²) >= 11 is 1.50. The van der Waals surface area contributed by atoms with Gasteiger partial charge in [0.1, 0.15) is 10.7 Å². The smallest absolute Gasteiger partial charge is 0.258 e. The number of aliphatic hydroxyl groups is 1. The van der Waals surface area contributed by atoms with Gasteiger partial charge in [0.2, 0.25) is 5.95 Å². The van der Waals surface area contributed by atoms with Crippen LogP contribution in [-0.4, -0.2) is 49.4 Å². The fourth-order valence-electron chi connectivity index (χ4n) is 4.83. The first-order valence-electron chi connectivity index (χ1n) is 11.6. The number of carbonyl (C=O) groups is 1. The van der Waals surface area contributed by atoms with E-state index in [0.717, 1.165) is 40.5 Å². The fourth-order valence-corrected chi connectivity index (χ4v) is 5.65. The molecule has 35 heavy (non-hydrogen) atoms. The number of likely N-dealkylation sites (N-methyl/N-ethyl adjacent to an activating group) is 1. The Morgan fingerprint density at radius 1 is 1.11 bits per heavy atom. The predicted molar refractivity (Wildman–Crippen MR) is 134 cm³/mol. The molecule has 9 heteroatoms. The number of likely N-dealkylation sites (tertiary alicyclic amines) is 1. The van der Waals surface area contributed by atoms with Crippen LogP contribution in [0.3, 0.4) is 0 Å². The first-order chi connectivity index (χ1) is 17.0. The molecule has 4 aromatic rings. The zero-order valence-electron chi connectivity index (χ0n) is 19.2. The van der Waals surface area contributed by atoms with Gasteiger partial charge in [0, 0.05) is 43.4 Å². The monoisotopic (exact) mass is 484 g/mol. The lowest BCUT2D eigenvalue weighted by Crippen LogP contribution is -2.36. The molecule has 8 nitrogen and oxygen atoms in total. The van der Waals surface area contributed by atoms with E-state index in [9.17, 15) is 9.90 Å². The first kappa shape index (κ1) is 21.8. The van der Waals surface area contributed by atoms with E-state index in [1.54, 1.807) is 24.2 Å². The first-order valence-corrected chi connectivity index (χ1v) is 12.5. The zero-order chi connectivity index (χ0) is 24.0. The highest BCUT2D eigenvalue weighted by atomic mass is 32.1. The van der Waals surface area contributed by atoms with Crippen LogP contribution >= 0.6 is 11.3 Å². The van der Waals surface area contributed by atoms with Crippen LogP contribution in [0.5, 0.6) is 0 Å². The lowest BCUT2D eigenvalue weighted by atomic mass is 9.91. The Morgan fingerprint density at radius 3 is 2.89 bits per heavy atom. The minimum atomic E-state index is -1.48. The van der Waals surface area contributed by atoms with Gasteiger partial charge in [0.25, 0.3) is 5.91 Å². The summed E-state index contributed by atoms with van der Waals surface area (Å²) in [5, 5.41) is 17.2. The predicted octanol–water partition coefficient (Wildman–Crippen LogP) is 3.81. The third-order valence-corrected chi connectivity index (χ3v) is 7.67. The molecule has 0 bridgehead atoms. The molecule has 2 aliphatic rings. The molecule has 1 aromatic carbocycles. The van der Waals surface area contributed by atoms with Gasteiger partial charge in [-0.3, -0.25) is 9.78 Å². The number of fused-ring (bicyclic) bond motifs is 1. The van der Waals surface area contributed by atoms with E-state index in [0.29, 0.717) is 24.5 Å². The normalized spacial score (nSPS) is 21.4. The van der Waals surface area contributed by atoms with Gasteiger partial charge < -0.3 is 15.3 Å². The van der Waals surface area contributed by atoms with E-state index in [1.807, 2.05) is 41.9 Å². The van der Waals surface area contributed by atoms with Crippen molar-refractivity contribution in [3.8, 4) is 22.0 Å². The van der Waals surface area contributed by atoms with Crippen molar-refractivity contribution in [3.05, 3.63) is 77.1 Å². The van der Waals surface area contributed by atoms with E-state index in [2.05, 4.69) is 21.4 Å². The number of carbonyl (C=O) groups excluding carboxylic acids is 1. The van der Waals surface area contributed by atoms with Gasteiger partial charge in [-0.25, -0.2) is 15.0 Å². The second-order valence-electron chi connectivity index (χ2n) is 9.00. The highest BCUT2D eigenvalue weighted by molar-refractivity contribution is 7.13. The van der Waals surface area contributed by atoms with Gasteiger partial charge in [-0.05, 0) is 42.2 Å². The number of hydrogen-bond acceptors (Lipinski definition) is 8. The molecule has 1 amide bonds. The Bertz CT molecular complexity index is 1420. The van der Waals surface area contributed by atoms with Gasteiger partial charge in [0.15, 0.2) is 5.60 Å². The third kappa shape index (κ3) is 3.86. The summed E-state index contributed by atoms with van der Waals surface area (Å²) in [6.45, 7) is 0.535. The van der Waals surface area contributed by atoms with Crippen LogP contribution in [0.1, 0.15) is 35.7 Å². The summed E-state index contributed by atoms with van der Waals surface area (Å²) in [4.78, 5) is 32.5. The molecule has 3 aromatic heterocycles. The van der Waals surface area contributed by atoms with Crippen molar-refractivity contribution in [1.82, 2.24) is 24.8 Å². The zero-order valence-corrected chi connectivity index (χ0v) is 20.0. The summed E-state index contributed by atoms with van der Waals surface area (Å²) in [5.74, 6) is 0.282. The number of benzene rings is 1. The molecule has 4 heterocycles. The Balaban J connectivity index is 1.24. The molecule has 2 unspecified atom stereocenters. The second kappa shape index (κ2) is 8.51. The van der Waals surface area contributed by atoms with E-state index < -0.39 is 5.60 Å².